The summed E-state index contributed by atoms with van der Waals surface area (Å²) in [6, 6.07) is 1.52. The molecular formula is C7H8F2OS. The van der Waals surface area contributed by atoms with Crippen molar-refractivity contribution in [1.29, 1.82) is 0 Å². The molecule has 0 aromatic carbocycles. The maximum absolute atomic E-state index is 11.9. The van der Waals surface area contributed by atoms with Crippen molar-refractivity contribution in [2.75, 3.05) is 0 Å². The van der Waals surface area contributed by atoms with Gasteiger partial charge in [0.1, 0.15) is 6.10 Å². The van der Waals surface area contributed by atoms with Crippen molar-refractivity contribution in [1.82, 2.24) is 0 Å². The van der Waals surface area contributed by atoms with E-state index in [0.29, 0.717) is 5.56 Å². The summed E-state index contributed by atoms with van der Waals surface area (Å²) in [7, 11) is 0. The zero-order valence-corrected chi connectivity index (χ0v) is 6.74. The second-order valence-electron chi connectivity index (χ2n) is 2.21. The minimum atomic E-state index is -2.69. The summed E-state index contributed by atoms with van der Waals surface area (Å²) < 4.78 is 23.9. The number of hydrogen-bond acceptors (Lipinski definition) is 2. The Labute approximate surface area is 67.3 Å². The Morgan fingerprint density at radius 2 is 2.18 bits per heavy atom. The molecule has 0 saturated carbocycles. The molecule has 0 bridgehead atoms. The standard InChI is InChI=1S/C7H8F2OS/c1-4-5(2-3-11-4)6(10)7(8)9/h2-3,6-7,10H,1H3. The Hall–Kier alpha value is -0.480. The number of aliphatic hydroxyl groups excluding tert-OH is 1. The number of halogens is 2. The number of hydrogen-bond donors (Lipinski definition) is 1. The molecule has 0 amide bonds. The zero-order valence-electron chi connectivity index (χ0n) is 5.92. The number of alkyl halides is 2. The van der Waals surface area contributed by atoms with Gasteiger partial charge in [-0.15, -0.1) is 11.3 Å². The van der Waals surface area contributed by atoms with Gasteiger partial charge in [-0.05, 0) is 23.9 Å². The van der Waals surface area contributed by atoms with Crippen molar-refractivity contribution in [2.45, 2.75) is 19.5 Å². The number of aliphatic hydroxyl groups is 1. The lowest BCUT2D eigenvalue weighted by atomic mass is 10.1. The third kappa shape index (κ3) is 1.75. The predicted octanol–water partition coefficient (Wildman–Crippen LogP) is 2.36. The highest BCUT2D eigenvalue weighted by Gasteiger charge is 2.20. The van der Waals surface area contributed by atoms with Crippen molar-refractivity contribution in [2.24, 2.45) is 0 Å². The van der Waals surface area contributed by atoms with Crippen molar-refractivity contribution >= 4 is 11.3 Å². The third-order valence-corrected chi connectivity index (χ3v) is 2.32. The van der Waals surface area contributed by atoms with Crippen LogP contribution in [0.15, 0.2) is 11.4 Å². The van der Waals surface area contributed by atoms with Crippen LogP contribution in [0.25, 0.3) is 0 Å². The Morgan fingerprint density at radius 1 is 1.55 bits per heavy atom. The van der Waals surface area contributed by atoms with Gasteiger partial charge in [0.25, 0.3) is 6.43 Å². The molecule has 11 heavy (non-hydrogen) atoms. The Morgan fingerprint density at radius 3 is 2.55 bits per heavy atom. The molecule has 1 atom stereocenters. The van der Waals surface area contributed by atoms with E-state index in [1.54, 1.807) is 12.3 Å². The SMILES string of the molecule is Cc1sccc1C(O)C(F)F. The van der Waals surface area contributed by atoms with Gasteiger partial charge >= 0.3 is 0 Å². The lowest BCUT2D eigenvalue weighted by Crippen LogP contribution is -2.07. The first-order valence-corrected chi connectivity index (χ1v) is 4.01. The normalized spacial score (nSPS) is 13.9. The van der Waals surface area contributed by atoms with Gasteiger partial charge in [-0.1, -0.05) is 0 Å². The molecule has 1 nitrogen and oxygen atoms in total. The lowest BCUT2D eigenvalue weighted by Gasteiger charge is -2.07. The smallest absolute Gasteiger partial charge is 0.268 e. The minimum absolute atomic E-state index is 0.338. The van der Waals surface area contributed by atoms with Crippen LogP contribution in [0, 0.1) is 6.92 Å². The predicted molar refractivity (Wildman–Crippen MR) is 40.0 cm³/mol. The first-order chi connectivity index (χ1) is 5.13. The maximum Gasteiger partial charge on any atom is 0.268 e. The first-order valence-electron chi connectivity index (χ1n) is 3.13. The Bertz CT molecular complexity index is 234. The molecule has 0 aliphatic carbocycles. The second-order valence-corrected chi connectivity index (χ2v) is 3.33. The fraction of sp³-hybridized carbons (Fsp3) is 0.429. The van der Waals surface area contributed by atoms with E-state index >= 15 is 0 Å². The molecule has 1 unspecified atom stereocenters. The van der Waals surface area contributed by atoms with Crippen LogP contribution >= 0.6 is 11.3 Å². The zero-order chi connectivity index (χ0) is 8.43. The van der Waals surface area contributed by atoms with Crippen LogP contribution in [0.3, 0.4) is 0 Å². The van der Waals surface area contributed by atoms with Crippen LogP contribution in [0.1, 0.15) is 16.5 Å². The summed E-state index contributed by atoms with van der Waals surface area (Å²) in [5.41, 5.74) is 0.338. The highest BCUT2D eigenvalue weighted by atomic mass is 32.1. The maximum atomic E-state index is 11.9. The van der Waals surface area contributed by atoms with Crippen LogP contribution < -0.4 is 0 Å². The number of rotatable bonds is 2. The summed E-state index contributed by atoms with van der Waals surface area (Å²) in [4.78, 5) is 0.748. The molecule has 0 aliphatic rings. The second kappa shape index (κ2) is 3.28. The van der Waals surface area contributed by atoms with Crippen molar-refractivity contribution in [3.63, 3.8) is 0 Å². The largest absolute Gasteiger partial charge is 0.382 e. The number of aryl methyl sites for hydroxylation is 1. The molecule has 1 aromatic heterocycles. The van der Waals surface area contributed by atoms with Crippen molar-refractivity contribution in [3.8, 4) is 0 Å². The average Bonchev–Trinajstić information content (AvgIpc) is 2.33. The topological polar surface area (TPSA) is 20.2 Å². The van der Waals surface area contributed by atoms with Crippen LogP contribution in [-0.4, -0.2) is 11.5 Å². The Kier molecular flexibility index (Phi) is 2.57. The molecule has 1 N–H and O–H groups in total. The fourth-order valence-electron chi connectivity index (χ4n) is 0.837. The lowest BCUT2D eigenvalue weighted by molar-refractivity contribution is -0.00585. The fourth-order valence-corrected chi connectivity index (χ4v) is 1.58. The Balaban J connectivity index is 2.84. The summed E-state index contributed by atoms with van der Waals surface area (Å²) in [6.07, 6.45) is -4.32. The molecule has 0 aliphatic heterocycles. The van der Waals surface area contributed by atoms with Gasteiger partial charge in [-0.25, -0.2) is 8.78 Å². The molecule has 4 heteroatoms. The van der Waals surface area contributed by atoms with E-state index in [1.165, 1.54) is 17.4 Å². The third-order valence-electron chi connectivity index (χ3n) is 1.46. The van der Waals surface area contributed by atoms with E-state index in [0.717, 1.165) is 4.88 Å². The molecule has 0 fully saturated rings. The van der Waals surface area contributed by atoms with E-state index < -0.39 is 12.5 Å². The molecular weight excluding hydrogens is 170 g/mol. The summed E-state index contributed by atoms with van der Waals surface area (Å²) in [5.74, 6) is 0. The van der Waals surface area contributed by atoms with Gasteiger partial charge in [0.05, 0.1) is 0 Å². The molecule has 1 aromatic rings. The van der Waals surface area contributed by atoms with E-state index in [9.17, 15) is 8.78 Å². The van der Waals surface area contributed by atoms with Gasteiger partial charge in [-0.3, -0.25) is 0 Å². The molecule has 0 radical (unpaired) electrons. The van der Waals surface area contributed by atoms with Gasteiger partial charge in [0.2, 0.25) is 0 Å². The van der Waals surface area contributed by atoms with E-state index in [4.69, 9.17) is 5.11 Å². The van der Waals surface area contributed by atoms with Crippen LogP contribution in [-0.2, 0) is 0 Å². The van der Waals surface area contributed by atoms with Gasteiger partial charge < -0.3 is 5.11 Å². The summed E-state index contributed by atoms with van der Waals surface area (Å²) in [5, 5.41) is 10.6. The monoisotopic (exact) mass is 178 g/mol. The summed E-state index contributed by atoms with van der Waals surface area (Å²) in [6.45, 7) is 1.71. The highest BCUT2D eigenvalue weighted by Crippen LogP contribution is 2.26. The summed E-state index contributed by atoms with van der Waals surface area (Å²) >= 11 is 1.36. The van der Waals surface area contributed by atoms with Gasteiger partial charge in [-0.2, -0.15) is 0 Å². The van der Waals surface area contributed by atoms with Crippen molar-refractivity contribution < 1.29 is 13.9 Å². The van der Waals surface area contributed by atoms with Crippen molar-refractivity contribution in [3.05, 3.63) is 21.9 Å². The van der Waals surface area contributed by atoms with E-state index in [-0.39, 0.29) is 0 Å². The molecule has 62 valence electrons. The van der Waals surface area contributed by atoms with E-state index in [1.807, 2.05) is 0 Å². The number of thiophene rings is 1. The highest BCUT2D eigenvalue weighted by molar-refractivity contribution is 7.10. The average molecular weight is 178 g/mol. The minimum Gasteiger partial charge on any atom is -0.382 e. The molecule has 1 heterocycles. The van der Waals surface area contributed by atoms with Crippen LogP contribution in [0.4, 0.5) is 8.78 Å². The van der Waals surface area contributed by atoms with E-state index in [2.05, 4.69) is 0 Å². The first kappa shape index (κ1) is 8.62. The molecule has 1 rings (SSSR count). The van der Waals surface area contributed by atoms with Crippen LogP contribution in [0.2, 0.25) is 0 Å². The van der Waals surface area contributed by atoms with Gasteiger partial charge in [0, 0.05) is 4.88 Å². The van der Waals surface area contributed by atoms with Crippen LogP contribution in [0.5, 0.6) is 0 Å². The van der Waals surface area contributed by atoms with Gasteiger partial charge in [0.15, 0.2) is 0 Å². The molecule has 0 saturated heterocycles. The molecule has 0 spiro atoms. The quantitative estimate of drug-likeness (QED) is 0.737.